The molecule has 0 saturated carbocycles. The van der Waals surface area contributed by atoms with Crippen molar-refractivity contribution in [2.45, 2.75) is 13.2 Å². The SMILES string of the molecule is COCc1c(CO)nnn1-c1cc([N+](=O)[O-])ccc1OC. The molecule has 1 aromatic heterocycles. The summed E-state index contributed by atoms with van der Waals surface area (Å²) >= 11 is 0. The molecule has 0 aliphatic rings. The Balaban J connectivity index is 2.61. The van der Waals surface area contributed by atoms with Gasteiger partial charge >= 0.3 is 0 Å². The summed E-state index contributed by atoms with van der Waals surface area (Å²) in [6.07, 6.45) is 0. The van der Waals surface area contributed by atoms with Gasteiger partial charge in [-0.05, 0) is 6.07 Å². The van der Waals surface area contributed by atoms with Gasteiger partial charge in [-0.2, -0.15) is 0 Å². The summed E-state index contributed by atoms with van der Waals surface area (Å²) < 4.78 is 11.6. The third kappa shape index (κ3) is 2.83. The van der Waals surface area contributed by atoms with E-state index in [-0.39, 0.29) is 18.9 Å². The summed E-state index contributed by atoms with van der Waals surface area (Å²) in [5.41, 5.74) is 1.09. The molecule has 9 heteroatoms. The maximum Gasteiger partial charge on any atom is 0.271 e. The molecule has 9 nitrogen and oxygen atoms in total. The fourth-order valence-corrected chi connectivity index (χ4v) is 1.89. The van der Waals surface area contributed by atoms with Crippen LogP contribution in [0.4, 0.5) is 5.69 Å². The number of ether oxygens (including phenoxy) is 2. The first-order valence-electron chi connectivity index (χ1n) is 5.98. The molecule has 2 rings (SSSR count). The maximum atomic E-state index is 10.9. The van der Waals surface area contributed by atoms with E-state index in [1.807, 2.05) is 0 Å². The molecule has 21 heavy (non-hydrogen) atoms. The van der Waals surface area contributed by atoms with Gasteiger partial charge in [0.15, 0.2) is 0 Å². The number of hydrogen-bond acceptors (Lipinski definition) is 7. The van der Waals surface area contributed by atoms with Crippen molar-refractivity contribution >= 4 is 5.69 Å². The molecule has 0 saturated heterocycles. The molecule has 1 N–H and O–H groups in total. The molecule has 0 atom stereocenters. The molecule has 0 aliphatic heterocycles. The molecule has 0 unspecified atom stereocenters. The first-order chi connectivity index (χ1) is 10.1. The molecule has 0 spiro atoms. The van der Waals surface area contributed by atoms with Gasteiger partial charge in [0.1, 0.15) is 17.1 Å². The highest BCUT2D eigenvalue weighted by Crippen LogP contribution is 2.28. The Kier molecular flexibility index (Phi) is 4.45. The monoisotopic (exact) mass is 294 g/mol. The lowest BCUT2D eigenvalue weighted by Crippen LogP contribution is -2.07. The van der Waals surface area contributed by atoms with Crippen molar-refractivity contribution < 1.29 is 19.5 Å². The van der Waals surface area contributed by atoms with Crippen LogP contribution in [0.2, 0.25) is 0 Å². The fourth-order valence-electron chi connectivity index (χ4n) is 1.89. The summed E-state index contributed by atoms with van der Waals surface area (Å²) in [7, 11) is 2.94. The normalized spacial score (nSPS) is 10.6. The number of nitrogens with zero attached hydrogens (tertiary/aromatic N) is 4. The quantitative estimate of drug-likeness (QED) is 0.620. The van der Waals surface area contributed by atoms with Crippen molar-refractivity contribution in [3.63, 3.8) is 0 Å². The Morgan fingerprint density at radius 3 is 2.76 bits per heavy atom. The van der Waals surface area contributed by atoms with Crippen molar-refractivity contribution in [1.82, 2.24) is 15.0 Å². The molecule has 1 heterocycles. The molecule has 0 radical (unpaired) electrons. The summed E-state index contributed by atoms with van der Waals surface area (Å²) in [5.74, 6) is 0.396. The molecular formula is C12H14N4O5. The summed E-state index contributed by atoms with van der Waals surface area (Å²) in [6.45, 7) is -0.162. The van der Waals surface area contributed by atoms with Crippen LogP contribution in [0.15, 0.2) is 18.2 Å². The Morgan fingerprint density at radius 1 is 1.43 bits per heavy atom. The number of nitro benzene ring substituents is 1. The van der Waals surface area contributed by atoms with E-state index in [2.05, 4.69) is 10.3 Å². The number of aromatic nitrogens is 3. The third-order valence-corrected chi connectivity index (χ3v) is 2.88. The van der Waals surface area contributed by atoms with Crippen molar-refractivity contribution in [3.05, 3.63) is 39.7 Å². The van der Waals surface area contributed by atoms with Gasteiger partial charge in [-0.1, -0.05) is 5.21 Å². The molecule has 0 aliphatic carbocycles. The van der Waals surface area contributed by atoms with Crippen LogP contribution in [-0.4, -0.2) is 39.2 Å². The highest BCUT2D eigenvalue weighted by atomic mass is 16.6. The minimum atomic E-state index is -0.511. The van der Waals surface area contributed by atoms with Gasteiger partial charge in [0.25, 0.3) is 5.69 Å². The summed E-state index contributed by atoms with van der Waals surface area (Å²) in [5, 5.41) is 27.9. The van der Waals surface area contributed by atoms with Crippen LogP contribution < -0.4 is 4.74 Å². The van der Waals surface area contributed by atoms with Crippen molar-refractivity contribution in [2.24, 2.45) is 0 Å². The molecule has 0 amide bonds. The predicted octanol–water partition coefficient (Wildman–Crippen LogP) is 0.823. The number of rotatable bonds is 6. The van der Waals surface area contributed by atoms with E-state index in [0.29, 0.717) is 22.8 Å². The van der Waals surface area contributed by atoms with E-state index in [1.165, 1.54) is 37.1 Å². The predicted molar refractivity (Wildman–Crippen MR) is 71.2 cm³/mol. The van der Waals surface area contributed by atoms with Crippen LogP contribution in [0.1, 0.15) is 11.4 Å². The van der Waals surface area contributed by atoms with Crippen LogP contribution in [0.3, 0.4) is 0 Å². The number of nitro groups is 1. The molecule has 0 bridgehead atoms. The van der Waals surface area contributed by atoms with E-state index in [0.717, 1.165) is 0 Å². The smallest absolute Gasteiger partial charge is 0.271 e. The third-order valence-electron chi connectivity index (χ3n) is 2.88. The summed E-state index contributed by atoms with van der Waals surface area (Å²) in [4.78, 5) is 10.4. The Morgan fingerprint density at radius 2 is 2.19 bits per heavy atom. The lowest BCUT2D eigenvalue weighted by molar-refractivity contribution is -0.384. The van der Waals surface area contributed by atoms with Crippen LogP contribution in [0.5, 0.6) is 5.75 Å². The standard InChI is InChI=1S/C12H14N4O5/c1-20-7-11-9(6-17)13-14-15(11)10-5-8(16(18)19)3-4-12(10)21-2/h3-5,17H,6-7H2,1-2H3. The second-order valence-electron chi connectivity index (χ2n) is 4.10. The van der Waals surface area contributed by atoms with E-state index >= 15 is 0 Å². The van der Waals surface area contributed by atoms with E-state index in [9.17, 15) is 15.2 Å². The molecule has 2 aromatic rings. The molecule has 0 fully saturated rings. The average molecular weight is 294 g/mol. The van der Waals surface area contributed by atoms with Gasteiger partial charge in [0.2, 0.25) is 0 Å². The van der Waals surface area contributed by atoms with Gasteiger partial charge in [0.05, 0.1) is 30.9 Å². The van der Waals surface area contributed by atoms with Gasteiger partial charge in [-0.15, -0.1) is 5.10 Å². The van der Waals surface area contributed by atoms with Crippen LogP contribution in [0.25, 0.3) is 5.69 Å². The van der Waals surface area contributed by atoms with Crippen LogP contribution >= 0.6 is 0 Å². The minimum Gasteiger partial charge on any atom is -0.494 e. The Labute approximate surface area is 119 Å². The number of non-ortho nitro benzene ring substituents is 1. The summed E-state index contributed by atoms with van der Waals surface area (Å²) in [6, 6.07) is 4.14. The van der Waals surface area contributed by atoms with Crippen molar-refractivity contribution in [3.8, 4) is 11.4 Å². The second kappa shape index (κ2) is 6.29. The fraction of sp³-hybridized carbons (Fsp3) is 0.333. The Bertz CT molecular complexity index is 655. The zero-order valence-corrected chi connectivity index (χ0v) is 11.5. The first-order valence-corrected chi connectivity index (χ1v) is 5.98. The first kappa shape index (κ1) is 14.9. The topological polar surface area (TPSA) is 113 Å². The number of aliphatic hydroxyl groups excluding tert-OH is 1. The zero-order valence-electron chi connectivity index (χ0n) is 11.5. The van der Waals surface area contributed by atoms with E-state index in [1.54, 1.807) is 0 Å². The number of aliphatic hydroxyl groups is 1. The van der Waals surface area contributed by atoms with Gasteiger partial charge in [-0.25, -0.2) is 4.68 Å². The van der Waals surface area contributed by atoms with E-state index < -0.39 is 4.92 Å². The van der Waals surface area contributed by atoms with Gasteiger partial charge in [-0.3, -0.25) is 10.1 Å². The Hall–Kier alpha value is -2.52. The number of benzene rings is 1. The second-order valence-corrected chi connectivity index (χ2v) is 4.10. The minimum absolute atomic E-state index is 0.102. The number of hydrogen-bond donors (Lipinski definition) is 1. The largest absolute Gasteiger partial charge is 0.494 e. The zero-order chi connectivity index (χ0) is 15.4. The van der Waals surface area contributed by atoms with Gasteiger partial charge in [0, 0.05) is 19.2 Å². The highest BCUT2D eigenvalue weighted by Gasteiger charge is 2.19. The van der Waals surface area contributed by atoms with Gasteiger partial charge < -0.3 is 14.6 Å². The van der Waals surface area contributed by atoms with Crippen LogP contribution in [-0.2, 0) is 18.0 Å². The molecule has 1 aromatic carbocycles. The van der Waals surface area contributed by atoms with E-state index in [4.69, 9.17) is 9.47 Å². The van der Waals surface area contributed by atoms with Crippen LogP contribution in [0, 0.1) is 10.1 Å². The van der Waals surface area contributed by atoms with Crippen molar-refractivity contribution in [1.29, 1.82) is 0 Å². The van der Waals surface area contributed by atoms with Crippen molar-refractivity contribution in [2.75, 3.05) is 14.2 Å². The molecular weight excluding hydrogens is 280 g/mol. The average Bonchev–Trinajstić information content (AvgIpc) is 2.89. The molecule has 112 valence electrons. The maximum absolute atomic E-state index is 10.9. The lowest BCUT2D eigenvalue weighted by Gasteiger charge is -2.10. The number of methoxy groups -OCH3 is 2. The highest BCUT2D eigenvalue weighted by molar-refractivity contribution is 5.53. The lowest BCUT2D eigenvalue weighted by atomic mass is 10.2.